The van der Waals surface area contributed by atoms with Gasteiger partial charge in [-0.2, -0.15) is 17.6 Å². The molecule has 0 saturated heterocycles. The molecule has 1 aliphatic carbocycles. The number of aromatic nitrogens is 1. The van der Waals surface area contributed by atoms with Gasteiger partial charge < -0.3 is 5.32 Å². The lowest BCUT2D eigenvalue weighted by molar-refractivity contribution is -0.182. The molecule has 1 aliphatic rings. The van der Waals surface area contributed by atoms with Gasteiger partial charge in [-0.05, 0) is 37.8 Å². The molecule has 20 heavy (non-hydrogen) atoms. The number of carbonyl (C=O) groups excluding carboxylic acids is 1. The molecule has 0 unspecified atom stereocenters. The van der Waals surface area contributed by atoms with Crippen molar-refractivity contribution in [2.45, 2.75) is 37.9 Å². The van der Waals surface area contributed by atoms with Crippen LogP contribution in [0.3, 0.4) is 0 Å². The molecule has 110 valence electrons. The zero-order chi connectivity index (χ0) is 14.8. The molecule has 1 aromatic heterocycles. The number of amides is 1. The fourth-order valence-electron chi connectivity index (χ4n) is 2.36. The third-order valence-electron chi connectivity index (χ3n) is 3.47. The summed E-state index contributed by atoms with van der Waals surface area (Å²) in [5.74, 6) is -2.61. The average Bonchev–Trinajstić information content (AvgIpc) is 2.38. The summed E-state index contributed by atoms with van der Waals surface area (Å²) in [5.41, 5.74) is -0.0667. The van der Waals surface area contributed by atoms with Crippen LogP contribution in [0.2, 0.25) is 0 Å². The van der Waals surface area contributed by atoms with Crippen molar-refractivity contribution in [2.75, 3.05) is 0 Å². The number of hydrogen-bond acceptors (Lipinski definition) is 2. The van der Waals surface area contributed by atoms with Crippen LogP contribution in [0.4, 0.5) is 17.6 Å². The predicted octanol–water partition coefficient (Wildman–Crippen LogP) is 3.07. The van der Waals surface area contributed by atoms with Crippen LogP contribution in [-0.2, 0) is 0 Å². The first-order valence-electron chi connectivity index (χ1n) is 6.36. The lowest BCUT2D eigenvalue weighted by Gasteiger charge is -2.30. The van der Waals surface area contributed by atoms with E-state index in [1.54, 1.807) is 0 Å². The molecule has 0 aliphatic heterocycles. The normalized spacial score (nSPS) is 23.4. The Hall–Kier alpha value is -1.66. The first-order valence-corrected chi connectivity index (χ1v) is 6.36. The zero-order valence-corrected chi connectivity index (χ0v) is 10.6. The first-order chi connectivity index (χ1) is 9.36. The van der Waals surface area contributed by atoms with Crippen LogP contribution in [0.5, 0.6) is 0 Å². The molecule has 0 atom stereocenters. The van der Waals surface area contributed by atoms with E-state index in [1.807, 2.05) is 0 Å². The van der Waals surface area contributed by atoms with Crippen LogP contribution in [-0.4, -0.2) is 23.1 Å². The van der Waals surface area contributed by atoms with E-state index in [9.17, 15) is 22.4 Å². The Balaban J connectivity index is 1.88. The van der Waals surface area contributed by atoms with E-state index in [1.165, 1.54) is 12.1 Å². The smallest absolute Gasteiger partial charge is 0.348 e. The minimum atomic E-state index is -4.17. The Morgan fingerprint density at radius 2 is 1.85 bits per heavy atom. The summed E-state index contributed by atoms with van der Waals surface area (Å²) >= 11 is 0. The average molecular weight is 290 g/mol. The van der Waals surface area contributed by atoms with Gasteiger partial charge in [-0.3, -0.25) is 4.79 Å². The number of nitrogens with zero attached hydrogens (tertiary/aromatic N) is 1. The number of alkyl halides is 3. The molecular formula is C13H14F4N2O. The summed E-state index contributed by atoms with van der Waals surface area (Å²) in [5, 5.41) is 2.60. The number of halogens is 4. The SMILES string of the molecule is O=C(NC1CCC(C(F)(F)F)CC1)c1cccc(F)n1. The fourth-order valence-corrected chi connectivity index (χ4v) is 2.36. The molecule has 2 rings (SSSR count). The zero-order valence-electron chi connectivity index (χ0n) is 10.6. The van der Waals surface area contributed by atoms with E-state index in [4.69, 9.17) is 0 Å². The second kappa shape index (κ2) is 5.76. The highest BCUT2D eigenvalue weighted by molar-refractivity contribution is 5.92. The van der Waals surface area contributed by atoms with Crippen molar-refractivity contribution in [3.8, 4) is 0 Å². The third kappa shape index (κ3) is 3.68. The van der Waals surface area contributed by atoms with E-state index in [2.05, 4.69) is 10.3 Å². The van der Waals surface area contributed by atoms with Crippen LogP contribution in [0, 0.1) is 11.9 Å². The van der Waals surface area contributed by atoms with Gasteiger partial charge in [0, 0.05) is 6.04 Å². The molecule has 0 bridgehead atoms. The van der Waals surface area contributed by atoms with Gasteiger partial charge in [-0.1, -0.05) is 6.07 Å². The summed E-state index contributed by atoms with van der Waals surface area (Å²) in [7, 11) is 0. The monoisotopic (exact) mass is 290 g/mol. The Morgan fingerprint density at radius 3 is 2.40 bits per heavy atom. The Morgan fingerprint density at radius 1 is 1.20 bits per heavy atom. The topological polar surface area (TPSA) is 42.0 Å². The molecule has 0 radical (unpaired) electrons. The fraction of sp³-hybridized carbons (Fsp3) is 0.538. The van der Waals surface area contributed by atoms with E-state index in [-0.39, 0.29) is 37.4 Å². The van der Waals surface area contributed by atoms with Gasteiger partial charge in [-0.15, -0.1) is 0 Å². The molecule has 1 aromatic rings. The van der Waals surface area contributed by atoms with Crippen molar-refractivity contribution in [3.05, 3.63) is 29.8 Å². The maximum absolute atomic E-state index is 12.9. The lowest BCUT2D eigenvalue weighted by Crippen LogP contribution is -2.40. The summed E-state index contributed by atoms with van der Waals surface area (Å²) in [6, 6.07) is 3.52. The number of hydrogen-bond donors (Lipinski definition) is 1. The number of pyridine rings is 1. The highest BCUT2D eigenvalue weighted by Gasteiger charge is 2.41. The van der Waals surface area contributed by atoms with E-state index in [0.29, 0.717) is 0 Å². The van der Waals surface area contributed by atoms with Crippen LogP contribution < -0.4 is 5.32 Å². The molecule has 1 N–H and O–H groups in total. The summed E-state index contributed by atoms with van der Waals surface area (Å²) < 4.78 is 50.4. The van der Waals surface area contributed by atoms with Gasteiger partial charge in [0.2, 0.25) is 5.95 Å². The van der Waals surface area contributed by atoms with Crippen LogP contribution in [0.25, 0.3) is 0 Å². The van der Waals surface area contributed by atoms with Gasteiger partial charge in [0.25, 0.3) is 5.91 Å². The van der Waals surface area contributed by atoms with E-state index < -0.39 is 23.9 Å². The lowest BCUT2D eigenvalue weighted by atomic mass is 9.85. The maximum atomic E-state index is 12.9. The van der Waals surface area contributed by atoms with Gasteiger partial charge in [0.05, 0.1) is 5.92 Å². The molecule has 0 spiro atoms. The summed E-state index contributed by atoms with van der Waals surface area (Å²) in [6.07, 6.45) is -3.62. The molecule has 1 saturated carbocycles. The standard InChI is InChI=1S/C13H14F4N2O/c14-11-3-1-2-10(19-11)12(20)18-9-6-4-8(5-7-9)13(15,16)17/h1-3,8-9H,4-7H2,(H,18,20). The van der Waals surface area contributed by atoms with Gasteiger partial charge in [-0.25, -0.2) is 4.98 Å². The van der Waals surface area contributed by atoms with E-state index in [0.717, 1.165) is 6.07 Å². The molecule has 0 aromatic carbocycles. The summed E-state index contributed by atoms with van der Waals surface area (Å²) in [4.78, 5) is 15.2. The van der Waals surface area contributed by atoms with Crippen molar-refractivity contribution in [1.82, 2.24) is 10.3 Å². The molecule has 3 nitrogen and oxygen atoms in total. The molecule has 7 heteroatoms. The number of carbonyl (C=O) groups is 1. The quantitative estimate of drug-likeness (QED) is 0.672. The predicted molar refractivity (Wildman–Crippen MR) is 63.5 cm³/mol. The van der Waals surface area contributed by atoms with Gasteiger partial charge in [0.15, 0.2) is 0 Å². The number of rotatable bonds is 2. The van der Waals surface area contributed by atoms with Crippen LogP contribution in [0.15, 0.2) is 18.2 Å². The molecular weight excluding hydrogens is 276 g/mol. The highest BCUT2D eigenvalue weighted by atomic mass is 19.4. The van der Waals surface area contributed by atoms with E-state index >= 15 is 0 Å². The van der Waals surface area contributed by atoms with Gasteiger partial charge >= 0.3 is 6.18 Å². The van der Waals surface area contributed by atoms with Crippen molar-refractivity contribution in [2.24, 2.45) is 5.92 Å². The van der Waals surface area contributed by atoms with Crippen molar-refractivity contribution < 1.29 is 22.4 Å². The van der Waals surface area contributed by atoms with Crippen molar-refractivity contribution in [1.29, 1.82) is 0 Å². The second-order valence-electron chi connectivity index (χ2n) is 4.91. The van der Waals surface area contributed by atoms with Crippen molar-refractivity contribution >= 4 is 5.91 Å². The number of nitrogens with one attached hydrogen (secondary N) is 1. The Labute approximate surface area is 113 Å². The second-order valence-corrected chi connectivity index (χ2v) is 4.91. The van der Waals surface area contributed by atoms with Crippen LogP contribution >= 0.6 is 0 Å². The molecule has 1 amide bonds. The van der Waals surface area contributed by atoms with Gasteiger partial charge in [0.1, 0.15) is 5.69 Å². The Kier molecular flexibility index (Phi) is 4.25. The largest absolute Gasteiger partial charge is 0.391 e. The first kappa shape index (κ1) is 14.7. The molecule has 1 fully saturated rings. The highest BCUT2D eigenvalue weighted by Crippen LogP contribution is 2.37. The minimum absolute atomic E-state index is 0.00499. The third-order valence-corrected chi connectivity index (χ3v) is 3.47. The summed E-state index contributed by atoms with van der Waals surface area (Å²) in [6.45, 7) is 0. The Bertz CT molecular complexity index is 482. The maximum Gasteiger partial charge on any atom is 0.391 e. The van der Waals surface area contributed by atoms with Crippen LogP contribution in [0.1, 0.15) is 36.2 Å². The van der Waals surface area contributed by atoms with Crippen molar-refractivity contribution in [3.63, 3.8) is 0 Å². The minimum Gasteiger partial charge on any atom is -0.348 e. The molecule has 1 heterocycles.